The van der Waals surface area contributed by atoms with Gasteiger partial charge < -0.3 is 15.5 Å². The molecule has 39 heavy (non-hydrogen) atoms. The number of nitrogens with zero attached hydrogens (tertiary/aromatic N) is 4. The topological polar surface area (TPSA) is 103 Å². The lowest BCUT2D eigenvalue weighted by Gasteiger charge is -2.23. The second-order valence-electron chi connectivity index (χ2n) is 10.4. The molecule has 3 aromatic carbocycles. The fraction of sp³-hybridized carbons (Fsp3) is 0.226. The van der Waals surface area contributed by atoms with Crippen LogP contribution in [0, 0.1) is 18.3 Å². The van der Waals surface area contributed by atoms with E-state index in [4.69, 9.17) is 5.10 Å². The maximum Gasteiger partial charge on any atom is 0.322 e. The van der Waals surface area contributed by atoms with Crippen molar-refractivity contribution in [2.75, 3.05) is 17.2 Å². The molecule has 0 unspecified atom stereocenters. The summed E-state index contributed by atoms with van der Waals surface area (Å²) in [4.78, 5) is 28.1. The highest BCUT2D eigenvalue weighted by Gasteiger charge is 2.23. The minimum Gasteiger partial charge on any atom is -0.311 e. The van der Waals surface area contributed by atoms with Crippen LogP contribution in [0.3, 0.4) is 0 Å². The van der Waals surface area contributed by atoms with E-state index >= 15 is 0 Å². The average molecular weight is 521 g/mol. The summed E-state index contributed by atoms with van der Waals surface area (Å²) in [5.41, 5.74) is 4.33. The Morgan fingerprint density at radius 1 is 0.949 bits per heavy atom. The number of carbonyl (C=O) groups excluding carboxylic acids is 2. The van der Waals surface area contributed by atoms with Crippen molar-refractivity contribution in [3.63, 3.8) is 0 Å². The molecule has 8 heteroatoms. The highest BCUT2D eigenvalue weighted by Crippen LogP contribution is 2.26. The molecule has 1 heterocycles. The van der Waals surface area contributed by atoms with E-state index in [0.717, 1.165) is 22.5 Å². The van der Waals surface area contributed by atoms with Crippen LogP contribution in [0.1, 0.15) is 43.2 Å². The Kier molecular flexibility index (Phi) is 8.11. The molecule has 2 N–H and O–H groups in total. The van der Waals surface area contributed by atoms with E-state index in [1.54, 1.807) is 28.9 Å². The Balaban J connectivity index is 1.58. The molecule has 0 fully saturated rings. The van der Waals surface area contributed by atoms with Crippen LogP contribution in [0.25, 0.3) is 5.69 Å². The van der Waals surface area contributed by atoms with E-state index in [-0.39, 0.29) is 24.4 Å². The summed E-state index contributed by atoms with van der Waals surface area (Å²) in [6.07, 6.45) is 0. The van der Waals surface area contributed by atoms with E-state index in [9.17, 15) is 14.9 Å². The number of anilines is 2. The Morgan fingerprint density at radius 3 is 2.33 bits per heavy atom. The summed E-state index contributed by atoms with van der Waals surface area (Å²) < 4.78 is 1.72. The number of hydrogen-bond acceptors (Lipinski definition) is 4. The van der Waals surface area contributed by atoms with Gasteiger partial charge in [0.25, 0.3) is 0 Å². The summed E-state index contributed by atoms with van der Waals surface area (Å²) in [7, 11) is 0. The molecular weight excluding hydrogens is 488 g/mol. The quantitative estimate of drug-likeness (QED) is 0.311. The third-order valence-electron chi connectivity index (χ3n) is 6.10. The Hall–Kier alpha value is -4.90. The van der Waals surface area contributed by atoms with Crippen molar-refractivity contribution >= 4 is 23.4 Å². The largest absolute Gasteiger partial charge is 0.322 e. The van der Waals surface area contributed by atoms with Crippen molar-refractivity contribution in [1.82, 2.24) is 14.7 Å². The smallest absolute Gasteiger partial charge is 0.311 e. The Morgan fingerprint density at radius 2 is 1.67 bits per heavy atom. The number of rotatable bonds is 7. The van der Waals surface area contributed by atoms with Gasteiger partial charge in [0.15, 0.2) is 0 Å². The van der Waals surface area contributed by atoms with Gasteiger partial charge in [0, 0.05) is 23.7 Å². The molecule has 0 radical (unpaired) electrons. The SMILES string of the molecule is Cc1ccc(-n2nc(C(C)(C)C)cc2NC(=O)CN(Cc2ccccc2)C(=O)Nc2cccc(C#N)c2)cc1. The van der Waals surface area contributed by atoms with Gasteiger partial charge in [-0.05, 0) is 42.8 Å². The van der Waals surface area contributed by atoms with Crippen LogP contribution in [-0.2, 0) is 16.8 Å². The van der Waals surface area contributed by atoms with Gasteiger partial charge in [-0.2, -0.15) is 10.4 Å². The molecule has 0 saturated heterocycles. The highest BCUT2D eigenvalue weighted by atomic mass is 16.2. The third kappa shape index (κ3) is 7.11. The number of nitriles is 1. The number of benzene rings is 3. The van der Waals surface area contributed by atoms with Crippen molar-refractivity contribution in [1.29, 1.82) is 5.26 Å². The molecule has 8 nitrogen and oxygen atoms in total. The first-order valence-electron chi connectivity index (χ1n) is 12.7. The molecule has 3 amide bonds. The van der Waals surface area contributed by atoms with Crippen LogP contribution in [0.5, 0.6) is 0 Å². The van der Waals surface area contributed by atoms with E-state index in [1.165, 1.54) is 4.90 Å². The summed E-state index contributed by atoms with van der Waals surface area (Å²) in [6, 6.07) is 27.5. The zero-order chi connectivity index (χ0) is 28.0. The number of amides is 3. The molecule has 198 valence electrons. The fourth-order valence-corrected chi connectivity index (χ4v) is 3.95. The van der Waals surface area contributed by atoms with Crippen molar-refractivity contribution in [3.05, 3.63) is 107 Å². The molecule has 1 aromatic heterocycles. The second-order valence-corrected chi connectivity index (χ2v) is 10.4. The zero-order valence-electron chi connectivity index (χ0n) is 22.6. The number of urea groups is 1. The number of aryl methyl sites for hydroxylation is 1. The number of carbonyl (C=O) groups is 2. The van der Waals surface area contributed by atoms with Crippen molar-refractivity contribution in [2.45, 2.75) is 39.7 Å². The molecule has 0 spiro atoms. The standard InChI is InChI=1S/C31H32N6O2/c1-22-13-15-26(16-14-22)37-28(18-27(35-37)31(2,3)4)34-29(38)21-36(20-23-9-6-5-7-10-23)30(39)33-25-12-8-11-24(17-25)19-32/h5-18H,20-21H2,1-4H3,(H,33,39)(H,34,38). The molecule has 0 aliphatic carbocycles. The zero-order valence-corrected chi connectivity index (χ0v) is 22.6. The highest BCUT2D eigenvalue weighted by molar-refractivity contribution is 5.96. The van der Waals surface area contributed by atoms with E-state index < -0.39 is 6.03 Å². The summed E-state index contributed by atoms with van der Waals surface area (Å²) in [6.45, 7) is 8.24. The molecule has 0 aliphatic heterocycles. The second kappa shape index (κ2) is 11.7. The van der Waals surface area contributed by atoms with Gasteiger partial charge in [0.1, 0.15) is 12.4 Å². The van der Waals surface area contributed by atoms with E-state index in [2.05, 4.69) is 37.5 Å². The predicted octanol–water partition coefficient (Wildman–Crippen LogP) is 6.02. The summed E-state index contributed by atoms with van der Waals surface area (Å²) in [5.74, 6) is 0.163. The number of nitrogens with one attached hydrogen (secondary N) is 2. The van der Waals surface area contributed by atoms with E-state index in [1.807, 2.05) is 67.6 Å². The molecular formula is C31H32N6O2. The van der Waals surface area contributed by atoms with Gasteiger partial charge in [0.05, 0.1) is 23.0 Å². The van der Waals surface area contributed by atoms with Crippen LogP contribution >= 0.6 is 0 Å². The first-order chi connectivity index (χ1) is 18.6. The van der Waals surface area contributed by atoms with E-state index in [0.29, 0.717) is 17.1 Å². The minimum absolute atomic E-state index is 0.192. The third-order valence-corrected chi connectivity index (χ3v) is 6.10. The first-order valence-corrected chi connectivity index (χ1v) is 12.7. The van der Waals surface area contributed by atoms with Crippen molar-refractivity contribution in [2.24, 2.45) is 0 Å². The first kappa shape index (κ1) is 27.1. The molecule has 0 aliphatic rings. The monoisotopic (exact) mass is 520 g/mol. The average Bonchev–Trinajstić information content (AvgIpc) is 3.33. The summed E-state index contributed by atoms with van der Waals surface area (Å²) in [5, 5.41) is 19.7. The van der Waals surface area contributed by atoms with Crippen molar-refractivity contribution in [3.8, 4) is 11.8 Å². The molecule has 0 bridgehead atoms. The Bertz CT molecular complexity index is 1490. The number of hydrogen-bond donors (Lipinski definition) is 2. The molecule has 0 atom stereocenters. The molecule has 0 saturated carbocycles. The van der Waals surface area contributed by atoms with Gasteiger partial charge in [0.2, 0.25) is 5.91 Å². The predicted molar refractivity (Wildman–Crippen MR) is 153 cm³/mol. The Labute approximate surface area is 228 Å². The van der Waals surface area contributed by atoms with Crippen LogP contribution in [0.15, 0.2) is 84.9 Å². The normalized spacial score (nSPS) is 10.9. The van der Waals surface area contributed by atoms with Gasteiger partial charge in [-0.3, -0.25) is 4.79 Å². The van der Waals surface area contributed by atoms with Crippen molar-refractivity contribution < 1.29 is 9.59 Å². The molecule has 4 aromatic rings. The minimum atomic E-state index is -0.452. The van der Waals surface area contributed by atoms with Gasteiger partial charge in [-0.25, -0.2) is 9.48 Å². The summed E-state index contributed by atoms with van der Waals surface area (Å²) >= 11 is 0. The lowest BCUT2D eigenvalue weighted by molar-refractivity contribution is -0.116. The maximum absolute atomic E-state index is 13.4. The fourth-order valence-electron chi connectivity index (χ4n) is 3.95. The van der Waals surface area contributed by atoms with Gasteiger partial charge in [-0.15, -0.1) is 0 Å². The molecule has 4 rings (SSSR count). The van der Waals surface area contributed by atoms with Gasteiger partial charge >= 0.3 is 6.03 Å². The number of aromatic nitrogens is 2. The van der Waals surface area contributed by atoms with Crippen LogP contribution in [0.4, 0.5) is 16.3 Å². The van der Waals surface area contributed by atoms with Crippen LogP contribution in [0.2, 0.25) is 0 Å². The lowest BCUT2D eigenvalue weighted by Crippen LogP contribution is -2.40. The van der Waals surface area contributed by atoms with Crippen LogP contribution in [-0.4, -0.2) is 33.2 Å². The lowest BCUT2D eigenvalue weighted by atomic mass is 9.92. The van der Waals surface area contributed by atoms with Crippen LogP contribution < -0.4 is 10.6 Å². The maximum atomic E-state index is 13.4. The van der Waals surface area contributed by atoms with Gasteiger partial charge in [-0.1, -0.05) is 74.9 Å².